The number of aryl methyl sites for hydroxylation is 1. The van der Waals surface area contributed by atoms with E-state index in [1.807, 2.05) is 13.0 Å². The Bertz CT molecular complexity index is 559. The molecule has 0 fully saturated rings. The number of nitrogens with one attached hydrogen (secondary N) is 1. The monoisotopic (exact) mass is 275 g/mol. The Kier molecular flexibility index (Phi) is 4.65. The van der Waals surface area contributed by atoms with Crippen molar-refractivity contribution < 1.29 is 9.47 Å². The Hall–Kier alpha value is -2.44. The van der Waals surface area contributed by atoms with Crippen LogP contribution in [0.4, 0.5) is 5.95 Å². The molecule has 7 heteroatoms. The van der Waals surface area contributed by atoms with Crippen LogP contribution in [-0.2, 0) is 0 Å². The summed E-state index contributed by atoms with van der Waals surface area (Å²) in [6.45, 7) is 4.72. The molecule has 2 rings (SSSR count). The number of pyridine rings is 1. The predicted molar refractivity (Wildman–Crippen MR) is 74.2 cm³/mol. The number of rotatable bonds is 6. The molecule has 0 bridgehead atoms. The van der Waals surface area contributed by atoms with Crippen LogP contribution < -0.4 is 14.8 Å². The molecule has 0 aromatic carbocycles. The zero-order valence-corrected chi connectivity index (χ0v) is 11.8. The fraction of sp³-hybridized carbons (Fsp3) is 0.385. The smallest absolute Gasteiger partial charge is 0.330 e. The van der Waals surface area contributed by atoms with E-state index < -0.39 is 0 Å². The highest BCUT2D eigenvalue weighted by molar-refractivity contribution is 5.29. The van der Waals surface area contributed by atoms with Crippen molar-refractivity contribution in [2.45, 2.75) is 20.3 Å². The van der Waals surface area contributed by atoms with E-state index in [0.29, 0.717) is 11.7 Å². The first-order valence-corrected chi connectivity index (χ1v) is 6.35. The van der Waals surface area contributed by atoms with E-state index in [0.717, 1.165) is 18.7 Å². The van der Waals surface area contributed by atoms with Crippen LogP contribution in [-0.4, -0.2) is 33.6 Å². The van der Waals surface area contributed by atoms with Crippen LogP contribution in [0, 0.1) is 6.92 Å². The van der Waals surface area contributed by atoms with Gasteiger partial charge in [-0.05, 0) is 25.5 Å². The summed E-state index contributed by atoms with van der Waals surface area (Å²) in [6, 6.07) is 4.02. The normalized spacial score (nSPS) is 10.2. The van der Waals surface area contributed by atoms with Gasteiger partial charge < -0.3 is 14.8 Å². The first-order chi connectivity index (χ1) is 9.71. The van der Waals surface area contributed by atoms with E-state index in [2.05, 4.69) is 32.2 Å². The molecule has 0 atom stereocenters. The molecule has 0 unspecified atom stereocenters. The van der Waals surface area contributed by atoms with E-state index >= 15 is 0 Å². The SMILES string of the molecule is CCCNc1nc(OC)nc(Oc2ccc(C)nc2)n1. The Balaban J connectivity index is 2.19. The number of anilines is 1. The number of nitrogens with zero attached hydrogens (tertiary/aromatic N) is 4. The average molecular weight is 275 g/mol. The van der Waals surface area contributed by atoms with E-state index in [1.54, 1.807) is 12.3 Å². The second kappa shape index (κ2) is 6.65. The van der Waals surface area contributed by atoms with Gasteiger partial charge in [-0.3, -0.25) is 4.98 Å². The lowest BCUT2D eigenvalue weighted by Crippen LogP contribution is -2.07. The summed E-state index contributed by atoms with van der Waals surface area (Å²) in [5, 5.41) is 3.07. The maximum atomic E-state index is 5.55. The lowest BCUT2D eigenvalue weighted by Gasteiger charge is -2.08. The van der Waals surface area contributed by atoms with Crippen molar-refractivity contribution in [3.05, 3.63) is 24.0 Å². The van der Waals surface area contributed by atoms with Gasteiger partial charge in [0.1, 0.15) is 5.75 Å². The van der Waals surface area contributed by atoms with Crippen molar-refractivity contribution in [1.29, 1.82) is 0 Å². The molecule has 7 nitrogen and oxygen atoms in total. The molecule has 0 aliphatic heterocycles. The van der Waals surface area contributed by atoms with Crippen LogP contribution in [0.25, 0.3) is 0 Å². The fourth-order valence-corrected chi connectivity index (χ4v) is 1.41. The van der Waals surface area contributed by atoms with Crippen LogP contribution in [0.3, 0.4) is 0 Å². The summed E-state index contributed by atoms with van der Waals surface area (Å²) >= 11 is 0. The molecule has 2 aromatic heterocycles. The number of hydrogen-bond acceptors (Lipinski definition) is 7. The standard InChI is InChI=1S/C13H17N5O2/c1-4-7-14-11-16-12(19-3)18-13(17-11)20-10-6-5-9(2)15-8-10/h5-6,8H,4,7H2,1-3H3,(H,14,16,17,18). The maximum Gasteiger partial charge on any atom is 0.330 e. The van der Waals surface area contributed by atoms with E-state index in [9.17, 15) is 0 Å². The summed E-state index contributed by atoms with van der Waals surface area (Å²) in [7, 11) is 1.50. The molecule has 1 N–H and O–H groups in total. The average Bonchev–Trinajstić information content (AvgIpc) is 2.47. The largest absolute Gasteiger partial charge is 0.467 e. The van der Waals surface area contributed by atoms with Crippen molar-refractivity contribution in [3.63, 3.8) is 0 Å². The minimum absolute atomic E-state index is 0.168. The van der Waals surface area contributed by atoms with Gasteiger partial charge in [-0.15, -0.1) is 4.98 Å². The second-order valence-corrected chi connectivity index (χ2v) is 4.09. The summed E-state index contributed by atoms with van der Waals surface area (Å²) in [4.78, 5) is 16.5. The summed E-state index contributed by atoms with van der Waals surface area (Å²) in [5.74, 6) is 0.985. The van der Waals surface area contributed by atoms with Gasteiger partial charge in [-0.2, -0.15) is 9.97 Å². The second-order valence-electron chi connectivity index (χ2n) is 4.09. The molecule has 106 valence electrons. The van der Waals surface area contributed by atoms with Gasteiger partial charge in [0.15, 0.2) is 0 Å². The predicted octanol–water partition coefficient (Wildman–Crippen LogP) is 2.20. The molecule has 0 saturated heterocycles. The van der Waals surface area contributed by atoms with Crippen LogP contribution in [0.1, 0.15) is 19.0 Å². The van der Waals surface area contributed by atoms with Gasteiger partial charge in [-0.1, -0.05) is 6.92 Å². The van der Waals surface area contributed by atoms with Crippen molar-refractivity contribution in [2.24, 2.45) is 0 Å². The highest BCUT2D eigenvalue weighted by Gasteiger charge is 2.08. The van der Waals surface area contributed by atoms with Gasteiger partial charge in [0, 0.05) is 12.2 Å². The number of aromatic nitrogens is 4. The third kappa shape index (κ3) is 3.78. The first kappa shape index (κ1) is 14.0. The molecule has 0 aliphatic carbocycles. The number of ether oxygens (including phenoxy) is 2. The van der Waals surface area contributed by atoms with Crippen molar-refractivity contribution in [2.75, 3.05) is 19.0 Å². The molecule has 20 heavy (non-hydrogen) atoms. The minimum Gasteiger partial charge on any atom is -0.467 e. The Morgan fingerprint density at radius 1 is 1.15 bits per heavy atom. The topological polar surface area (TPSA) is 82.1 Å². The highest BCUT2D eigenvalue weighted by atomic mass is 16.5. The Labute approximate surface area is 117 Å². The van der Waals surface area contributed by atoms with Crippen LogP contribution in [0.15, 0.2) is 18.3 Å². The van der Waals surface area contributed by atoms with Crippen LogP contribution in [0.2, 0.25) is 0 Å². The molecule has 0 amide bonds. The van der Waals surface area contributed by atoms with Crippen molar-refractivity contribution in [3.8, 4) is 17.8 Å². The van der Waals surface area contributed by atoms with Crippen molar-refractivity contribution >= 4 is 5.95 Å². The first-order valence-electron chi connectivity index (χ1n) is 6.35. The van der Waals surface area contributed by atoms with Gasteiger partial charge in [0.25, 0.3) is 0 Å². The molecule has 2 aromatic rings. The molecular weight excluding hydrogens is 258 g/mol. The van der Waals surface area contributed by atoms with E-state index in [4.69, 9.17) is 9.47 Å². The van der Waals surface area contributed by atoms with Crippen molar-refractivity contribution in [1.82, 2.24) is 19.9 Å². The molecule has 2 heterocycles. The highest BCUT2D eigenvalue weighted by Crippen LogP contribution is 2.19. The summed E-state index contributed by atoms with van der Waals surface area (Å²) < 4.78 is 10.6. The lowest BCUT2D eigenvalue weighted by atomic mass is 10.4. The number of hydrogen-bond donors (Lipinski definition) is 1. The summed E-state index contributed by atoms with van der Waals surface area (Å²) in [6.07, 6.45) is 2.58. The molecule has 0 radical (unpaired) electrons. The van der Waals surface area contributed by atoms with Crippen LogP contribution >= 0.6 is 0 Å². The van der Waals surface area contributed by atoms with Gasteiger partial charge >= 0.3 is 12.0 Å². The zero-order valence-electron chi connectivity index (χ0n) is 11.8. The van der Waals surface area contributed by atoms with E-state index in [1.165, 1.54) is 7.11 Å². The molecule has 0 spiro atoms. The molecule has 0 aliphatic rings. The Morgan fingerprint density at radius 2 is 1.95 bits per heavy atom. The van der Waals surface area contributed by atoms with Gasteiger partial charge in [0.05, 0.1) is 13.3 Å². The third-order valence-corrected chi connectivity index (χ3v) is 2.40. The van der Waals surface area contributed by atoms with Gasteiger partial charge in [-0.25, -0.2) is 0 Å². The Morgan fingerprint density at radius 3 is 2.60 bits per heavy atom. The minimum atomic E-state index is 0.168. The third-order valence-electron chi connectivity index (χ3n) is 2.40. The quantitative estimate of drug-likeness (QED) is 0.865. The summed E-state index contributed by atoms with van der Waals surface area (Å²) in [5.41, 5.74) is 0.913. The number of methoxy groups -OCH3 is 1. The maximum absolute atomic E-state index is 5.55. The van der Waals surface area contributed by atoms with Crippen LogP contribution in [0.5, 0.6) is 17.8 Å². The molecular formula is C13H17N5O2. The molecule has 0 saturated carbocycles. The van der Waals surface area contributed by atoms with E-state index in [-0.39, 0.29) is 12.0 Å². The van der Waals surface area contributed by atoms with Gasteiger partial charge in [0.2, 0.25) is 5.95 Å². The fourth-order valence-electron chi connectivity index (χ4n) is 1.41. The lowest BCUT2D eigenvalue weighted by molar-refractivity contribution is 0.360. The zero-order chi connectivity index (χ0) is 14.4.